The van der Waals surface area contributed by atoms with Gasteiger partial charge in [-0.25, -0.2) is 0 Å². The number of H-pyrrole nitrogens is 1. The second-order valence-electron chi connectivity index (χ2n) is 7.50. The van der Waals surface area contributed by atoms with Crippen LogP contribution in [0.1, 0.15) is 33.6 Å². The number of carbonyl (C=O) groups is 1. The predicted molar refractivity (Wildman–Crippen MR) is 125 cm³/mol. The maximum absolute atomic E-state index is 13.4. The molecule has 0 atom stereocenters. The van der Waals surface area contributed by atoms with E-state index in [2.05, 4.69) is 17.1 Å². The molecule has 2 aromatic carbocycles. The quantitative estimate of drug-likeness (QED) is 0.487. The molecule has 1 aromatic heterocycles. The zero-order chi connectivity index (χ0) is 23.5. The molecule has 3 aromatic rings. The SMILES string of the molecule is COCCN(CCCc1ccccc1)C(=O)c1[nH]cc(C#N)c(=O)c1OCc1ccccc1. The van der Waals surface area contributed by atoms with Crippen molar-refractivity contribution in [3.8, 4) is 11.8 Å². The van der Waals surface area contributed by atoms with Gasteiger partial charge >= 0.3 is 0 Å². The van der Waals surface area contributed by atoms with Gasteiger partial charge in [0.15, 0.2) is 11.4 Å². The maximum atomic E-state index is 13.4. The Hall–Kier alpha value is -3.89. The number of ether oxygens (including phenoxy) is 2. The van der Waals surface area contributed by atoms with Crippen molar-refractivity contribution in [2.24, 2.45) is 0 Å². The summed E-state index contributed by atoms with van der Waals surface area (Å²) in [6.07, 6.45) is 2.82. The van der Waals surface area contributed by atoms with Crippen LogP contribution < -0.4 is 10.2 Å². The van der Waals surface area contributed by atoms with Crippen LogP contribution in [0, 0.1) is 11.3 Å². The number of aromatic nitrogens is 1. The molecule has 0 aliphatic heterocycles. The van der Waals surface area contributed by atoms with E-state index >= 15 is 0 Å². The van der Waals surface area contributed by atoms with Crippen molar-refractivity contribution in [1.82, 2.24) is 9.88 Å². The summed E-state index contributed by atoms with van der Waals surface area (Å²) < 4.78 is 11.0. The van der Waals surface area contributed by atoms with E-state index in [-0.39, 0.29) is 29.5 Å². The smallest absolute Gasteiger partial charge is 0.274 e. The summed E-state index contributed by atoms with van der Waals surface area (Å²) in [5, 5.41) is 9.27. The standard InChI is InChI=1S/C26H27N3O4/c1-32-16-15-29(14-8-13-20-9-4-2-5-10-20)26(31)23-25(24(30)22(17-27)18-28-23)33-19-21-11-6-3-7-12-21/h2-7,9-12,18H,8,13-16,19H2,1H3,(H,28,30). The van der Waals surface area contributed by atoms with Gasteiger partial charge in [-0.1, -0.05) is 60.7 Å². The van der Waals surface area contributed by atoms with Gasteiger partial charge in [-0.15, -0.1) is 0 Å². The van der Waals surface area contributed by atoms with Crippen molar-refractivity contribution in [3.63, 3.8) is 0 Å². The largest absolute Gasteiger partial charge is 0.483 e. The highest BCUT2D eigenvalue weighted by Crippen LogP contribution is 2.17. The van der Waals surface area contributed by atoms with Crippen LogP contribution >= 0.6 is 0 Å². The molecule has 1 N–H and O–H groups in total. The van der Waals surface area contributed by atoms with Crippen LogP contribution in [0.15, 0.2) is 71.7 Å². The number of hydrogen-bond donors (Lipinski definition) is 1. The molecule has 33 heavy (non-hydrogen) atoms. The van der Waals surface area contributed by atoms with Gasteiger partial charge in [0, 0.05) is 26.4 Å². The molecular formula is C26H27N3O4. The van der Waals surface area contributed by atoms with Crippen molar-refractivity contribution in [3.05, 3.63) is 99.5 Å². The lowest BCUT2D eigenvalue weighted by Gasteiger charge is -2.23. The number of nitrogens with zero attached hydrogens (tertiary/aromatic N) is 2. The number of aryl methyl sites for hydroxylation is 1. The van der Waals surface area contributed by atoms with Gasteiger partial charge in [-0.2, -0.15) is 5.26 Å². The van der Waals surface area contributed by atoms with Gasteiger partial charge in [-0.3, -0.25) is 9.59 Å². The van der Waals surface area contributed by atoms with Crippen LogP contribution in [0.3, 0.4) is 0 Å². The molecule has 0 fully saturated rings. The summed E-state index contributed by atoms with van der Waals surface area (Å²) in [6.45, 7) is 1.31. The van der Waals surface area contributed by atoms with Gasteiger partial charge < -0.3 is 19.4 Å². The van der Waals surface area contributed by atoms with Crippen molar-refractivity contribution < 1.29 is 14.3 Å². The molecule has 0 aliphatic carbocycles. The van der Waals surface area contributed by atoms with E-state index in [1.54, 1.807) is 12.0 Å². The van der Waals surface area contributed by atoms with Crippen LogP contribution in [0.2, 0.25) is 0 Å². The zero-order valence-corrected chi connectivity index (χ0v) is 18.6. The average molecular weight is 446 g/mol. The van der Waals surface area contributed by atoms with Crippen molar-refractivity contribution in [2.75, 3.05) is 26.8 Å². The summed E-state index contributed by atoms with van der Waals surface area (Å²) in [5.74, 6) is -0.516. The number of aromatic amines is 1. The summed E-state index contributed by atoms with van der Waals surface area (Å²) in [5.41, 5.74) is 1.35. The lowest BCUT2D eigenvalue weighted by molar-refractivity contribution is 0.0682. The number of carbonyl (C=O) groups excluding carboxylic acids is 1. The monoisotopic (exact) mass is 445 g/mol. The van der Waals surface area contributed by atoms with E-state index < -0.39 is 5.43 Å². The normalized spacial score (nSPS) is 10.4. The molecule has 0 unspecified atom stereocenters. The maximum Gasteiger partial charge on any atom is 0.274 e. The highest BCUT2D eigenvalue weighted by atomic mass is 16.5. The molecule has 7 nitrogen and oxygen atoms in total. The number of hydrogen-bond acceptors (Lipinski definition) is 5. The van der Waals surface area contributed by atoms with E-state index in [4.69, 9.17) is 9.47 Å². The fraction of sp³-hybridized carbons (Fsp3) is 0.269. The fourth-order valence-electron chi connectivity index (χ4n) is 3.41. The molecule has 0 aliphatic rings. The van der Waals surface area contributed by atoms with Crippen LogP contribution in [0.5, 0.6) is 5.75 Å². The topological polar surface area (TPSA) is 95.4 Å². The van der Waals surface area contributed by atoms with Crippen LogP contribution in [-0.4, -0.2) is 42.6 Å². The van der Waals surface area contributed by atoms with Gasteiger partial charge in [0.1, 0.15) is 18.2 Å². The lowest BCUT2D eigenvalue weighted by atomic mass is 10.1. The van der Waals surface area contributed by atoms with Gasteiger partial charge in [0.05, 0.1) is 6.61 Å². The predicted octanol–water partition coefficient (Wildman–Crippen LogP) is 3.55. The first kappa shape index (κ1) is 23.8. The Bertz CT molecular complexity index is 1140. The minimum absolute atomic E-state index is 0.0331. The first-order valence-electron chi connectivity index (χ1n) is 10.8. The first-order valence-corrected chi connectivity index (χ1v) is 10.8. The van der Waals surface area contributed by atoms with Gasteiger partial charge in [0.25, 0.3) is 5.91 Å². The van der Waals surface area contributed by atoms with Crippen molar-refractivity contribution in [1.29, 1.82) is 5.26 Å². The van der Waals surface area contributed by atoms with E-state index in [0.717, 1.165) is 18.4 Å². The highest BCUT2D eigenvalue weighted by molar-refractivity contribution is 5.95. The van der Waals surface area contributed by atoms with Crippen molar-refractivity contribution in [2.45, 2.75) is 19.4 Å². The van der Waals surface area contributed by atoms with Crippen LogP contribution in [-0.2, 0) is 17.8 Å². The Balaban J connectivity index is 1.82. The van der Waals surface area contributed by atoms with Crippen molar-refractivity contribution >= 4 is 5.91 Å². The highest BCUT2D eigenvalue weighted by Gasteiger charge is 2.24. The first-order chi connectivity index (χ1) is 16.1. The second-order valence-corrected chi connectivity index (χ2v) is 7.50. The summed E-state index contributed by atoms with van der Waals surface area (Å²) >= 11 is 0. The van der Waals surface area contributed by atoms with Gasteiger partial charge in [0.2, 0.25) is 5.43 Å². The number of amides is 1. The molecule has 170 valence electrons. The van der Waals surface area contributed by atoms with E-state index in [1.807, 2.05) is 54.6 Å². The second kappa shape index (κ2) is 12.2. The minimum atomic E-state index is -0.605. The average Bonchev–Trinajstić information content (AvgIpc) is 2.86. The zero-order valence-electron chi connectivity index (χ0n) is 18.6. The Morgan fingerprint density at radius 2 is 1.70 bits per heavy atom. The Labute approximate surface area is 193 Å². The van der Waals surface area contributed by atoms with Gasteiger partial charge in [-0.05, 0) is 24.0 Å². The number of benzene rings is 2. The van der Waals surface area contributed by atoms with Crippen LogP contribution in [0.4, 0.5) is 0 Å². The molecule has 0 spiro atoms. The molecule has 1 amide bonds. The van der Waals surface area contributed by atoms with E-state index in [1.165, 1.54) is 11.8 Å². The number of nitrogens with one attached hydrogen (secondary N) is 1. The third-order valence-electron chi connectivity index (χ3n) is 5.19. The fourth-order valence-corrected chi connectivity index (χ4v) is 3.41. The lowest BCUT2D eigenvalue weighted by Crippen LogP contribution is -2.36. The molecule has 0 bridgehead atoms. The number of pyridine rings is 1. The number of rotatable bonds is 11. The summed E-state index contributed by atoms with van der Waals surface area (Å²) in [4.78, 5) is 30.7. The molecule has 7 heteroatoms. The summed E-state index contributed by atoms with van der Waals surface area (Å²) in [6, 6.07) is 21.2. The molecule has 0 radical (unpaired) electrons. The molecule has 3 rings (SSSR count). The van der Waals surface area contributed by atoms with E-state index in [0.29, 0.717) is 19.7 Å². The third-order valence-corrected chi connectivity index (χ3v) is 5.19. The minimum Gasteiger partial charge on any atom is -0.483 e. The Kier molecular flexibility index (Phi) is 8.80. The number of nitriles is 1. The Morgan fingerprint density at radius 3 is 2.33 bits per heavy atom. The van der Waals surface area contributed by atoms with Crippen LogP contribution in [0.25, 0.3) is 0 Å². The molecular weight excluding hydrogens is 418 g/mol. The Morgan fingerprint density at radius 1 is 1.03 bits per heavy atom. The van der Waals surface area contributed by atoms with E-state index in [9.17, 15) is 14.9 Å². The third kappa shape index (κ3) is 6.55. The molecule has 0 saturated carbocycles. The molecule has 0 saturated heterocycles. The number of methoxy groups -OCH3 is 1. The molecule has 1 heterocycles. The summed E-state index contributed by atoms with van der Waals surface area (Å²) in [7, 11) is 1.57.